The molecule has 1 aromatic rings. The van der Waals surface area contributed by atoms with Crippen molar-refractivity contribution >= 4 is 5.91 Å². The first-order valence-corrected chi connectivity index (χ1v) is 7.86. The van der Waals surface area contributed by atoms with Gasteiger partial charge in [-0.05, 0) is 32.6 Å². The predicted molar refractivity (Wildman–Crippen MR) is 79.6 cm³/mol. The summed E-state index contributed by atoms with van der Waals surface area (Å²) in [6.07, 6.45) is 9.79. The van der Waals surface area contributed by atoms with Crippen molar-refractivity contribution in [3.8, 4) is 0 Å². The molecule has 1 aliphatic carbocycles. The van der Waals surface area contributed by atoms with Gasteiger partial charge < -0.3 is 14.2 Å². The third kappa shape index (κ3) is 3.02. The molecule has 0 aromatic carbocycles. The average Bonchev–Trinajstić information content (AvgIpc) is 3.14. The topological polar surface area (TPSA) is 47.4 Å². The van der Waals surface area contributed by atoms with E-state index in [4.69, 9.17) is 4.74 Å². The van der Waals surface area contributed by atoms with Crippen LogP contribution >= 0.6 is 0 Å². The number of carbonyl (C=O) groups is 1. The van der Waals surface area contributed by atoms with Gasteiger partial charge in [-0.15, -0.1) is 0 Å². The highest BCUT2D eigenvalue weighted by molar-refractivity contribution is 5.94. The molecule has 0 bridgehead atoms. The number of hydrogen-bond acceptors (Lipinski definition) is 3. The molecule has 0 saturated heterocycles. The molecular formula is C16H23N3O2. The van der Waals surface area contributed by atoms with Gasteiger partial charge in [0.1, 0.15) is 0 Å². The molecule has 5 heteroatoms. The van der Waals surface area contributed by atoms with Crippen LogP contribution in [-0.2, 0) is 22.6 Å². The highest BCUT2D eigenvalue weighted by Crippen LogP contribution is 2.25. The molecule has 3 rings (SSSR count). The Labute approximate surface area is 125 Å². The van der Waals surface area contributed by atoms with Crippen molar-refractivity contribution in [3.63, 3.8) is 0 Å². The lowest BCUT2D eigenvalue weighted by Crippen LogP contribution is -2.42. The number of hydrogen-bond donors (Lipinski definition) is 0. The van der Waals surface area contributed by atoms with Crippen LogP contribution in [0, 0.1) is 0 Å². The first-order chi connectivity index (χ1) is 10.3. The van der Waals surface area contributed by atoms with Crippen LogP contribution in [-0.4, -0.2) is 39.6 Å². The summed E-state index contributed by atoms with van der Waals surface area (Å²) in [5, 5.41) is 0. The van der Waals surface area contributed by atoms with Crippen LogP contribution in [0.5, 0.6) is 0 Å². The Balaban J connectivity index is 1.81. The Kier molecular flexibility index (Phi) is 4.39. The number of ether oxygens (including phenoxy) is 1. The van der Waals surface area contributed by atoms with Crippen molar-refractivity contribution in [1.82, 2.24) is 14.5 Å². The Morgan fingerprint density at radius 3 is 3.19 bits per heavy atom. The average molecular weight is 289 g/mol. The molecule has 5 nitrogen and oxygen atoms in total. The van der Waals surface area contributed by atoms with Crippen molar-refractivity contribution in [1.29, 1.82) is 0 Å². The molecule has 114 valence electrons. The minimum absolute atomic E-state index is 0.152. The molecule has 1 aliphatic heterocycles. The lowest BCUT2D eigenvalue weighted by molar-refractivity contribution is -0.131. The Morgan fingerprint density at radius 2 is 2.43 bits per heavy atom. The zero-order valence-electron chi connectivity index (χ0n) is 12.6. The summed E-state index contributed by atoms with van der Waals surface area (Å²) in [6, 6.07) is 0.152. The van der Waals surface area contributed by atoms with Crippen molar-refractivity contribution in [2.75, 3.05) is 13.2 Å². The summed E-state index contributed by atoms with van der Waals surface area (Å²) < 4.78 is 7.76. The van der Waals surface area contributed by atoms with Gasteiger partial charge in [0, 0.05) is 24.9 Å². The van der Waals surface area contributed by atoms with Crippen LogP contribution in [0.4, 0.5) is 0 Å². The van der Waals surface area contributed by atoms with E-state index in [1.165, 1.54) is 0 Å². The lowest BCUT2D eigenvalue weighted by Gasteiger charge is -2.30. The van der Waals surface area contributed by atoms with Crippen molar-refractivity contribution in [2.24, 2.45) is 0 Å². The van der Waals surface area contributed by atoms with E-state index < -0.39 is 0 Å². The molecule has 2 aliphatic rings. The fourth-order valence-electron chi connectivity index (χ4n) is 3.14. The molecule has 1 amide bonds. The molecule has 0 N–H and O–H groups in total. The van der Waals surface area contributed by atoms with Crippen molar-refractivity contribution < 1.29 is 9.53 Å². The van der Waals surface area contributed by atoms with Gasteiger partial charge in [0.15, 0.2) is 0 Å². The smallest absolute Gasteiger partial charge is 0.250 e. The fraction of sp³-hybridized carbons (Fsp3) is 0.625. The number of aryl methyl sites for hydroxylation is 1. The molecule has 0 fully saturated rings. The molecule has 21 heavy (non-hydrogen) atoms. The van der Waals surface area contributed by atoms with E-state index >= 15 is 0 Å². The molecular weight excluding hydrogens is 266 g/mol. The van der Waals surface area contributed by atoms with E-state index in [0.29, 0.717) is 19.8 Å². The molecule has 1 aromatic heterocycles. The van der Waals surface area contributed by atoms with Gasteiger partial charge in [-0.2, -0.15) is 0 Å². The van der Waals surface area contributed by atoms with Gasteiger partial charge in [0.25, 0.3) is 0 Å². The van der Waals surface area contributed by atoms with Crippen molar-refractivity contribution in [3.05, 3.63) is 29.9 Å². The first-order valence-electron chi connectivity index (χ1n) is 7.86. The first kappa shape index (κ1) is 14.3. The number of allylic oxidation sites excluding steroid dienone is 1. The van der Waals surface area contributed by atoms with Crippen LogP contribution in [0.1, 0.15) is 38.3 Å². The van der Waals surface area contributed by atoms with Crippen LogP contribution < -0.4 is 0 Å². The van der Waals surface area contributed by atoms with Crippen LogP contribution in [0.2, 0.25) is 0 Å². The summed E-state index contributed by atoms with van der Waals surface area (Å²) in [5.41, 5.74) is 2.09. The number of nitrogens with zero attached hydrogens (tertiary/aromatic N) is 3. The summed E-state index contributed by atoms with van der Waals surface area (Å²) in [6.45, 7) is 4.84. The monoisotopic (exact) mass is 289 g/mol. The van der Waals surface area contributed by atoms with E-state index in [1.54, 1.807) is 0 Å². The van der Waals surface area contributed by atoms with Gasteiger partial charge in [-0.1, -0.05) is 6.08 Å². The number of rotatable bonds is 4. The largest absolute Gasteiger partial charge is 0.380 e. The van der Waals surface area contributed by atoms with E-state index in [2.05, 4.69) is 15.6 Å². The Morgan fingerprint density at radius 1 is 1.52 bits per heavy atom. The Bertz CT molecular complexity index is 535. The second-order valence-electron chi connectivity index (χ2n) is 5.73. The predicted octanol–water partition coefficient (Wildman–Crippen LogP) is 2.13. The zero-order valence-corrected chi connectivity index (χ0v) is 12.6. The normalized spacial score (nSPS) is 21.9. The maximum atomic E-state index is 12.8. The third-order valence-corrected chi connectivity index (χ3v) is 4.37. The van der Waals surface area contributed by atoms with E-state index in [0.717, 1.165) is 43.5 Å². The maximum absolute atomic E-state index is 12.8. The summed E-state index contributed by atoms with van der Waals surface area (Å²) in [5.74, 6) is 0.187. The Hall–Kier alpha value is -1.62. The third-order valence-electron chi connectivity index (χ3n) is 4.37. The van der Waals surface area contributed by atoms with Gasteiger partial charge in [-0.3, -0.25) is 4.79 Å². The minimum Gasteiger partial charge on any atom is -0.380 e. The minimum atomic E-state index is 0.152. The quantitative estimate of drug-likeness (QED) is 0.853. The fourth-order valence-corrected chi connectivity index (χ4v) is 3.14. The highest BCUT2D eigenvalue weighted by Gasteiger charge is 2.30. The summed E-state index contributed by atoms with van der Waals surface area (Å²) in [7, 11) is 0. The van der Waals surface area contributed by atoms with E-state index in [-0.39, 0.29) is 11.9 Å². The van der Waals surface area contributed by atoms with Gasteiger partial charge >= 0.3 is 0 Å². The zero-order chi connectivity index (χ0) is 14.7. The van der Waals surface area contributed by atoms with Gasteiger partial charge in [0.2, 0.25) is 5.91 Å². The second-order valence-corrected chi connectivity index (χ2v) is 5.73. The van der Waals surface area contributed by atoms with Crippen molar-refractivity contribution in [2.45, 2.75) is 51.7 Å². The van der Waals surface area contributed by atoms with Gasteiger partial charge in [0.05, 0.1) is 31.2 Å². The molecule has 1 unspecified atom stereocenters. The van der Waals surface area contributed by atoms with Crippen LogP contribution in [0.15, 0.2) is 24.2 Å². The molecule has 0 spiro atoms. The second kappa shape index (κ2) is 6.43. The molecule has 2 heterocycles. The molecule has 1 atom stereocenters. The van der Waals surface area contributed by atoms with Crippen LogP contribution in [0.3, 0.4) is 0 Å². The highest BCUT2D eigenvalue weighted by atomic mass is 16.5. The van der Waals surface area contributed by atoms with E-state index in [1.807, 2.05) is 24.3 Å². The number of fused-ring (bicyclic) bond motifs is 1. The summed E-state index contributed by atoms with van der Waals surface area (Å²) in [4.78, 5) is 19.0. The number of amides is 1. The van der Waals surface area contributed by atoms with Gasteiger partial charge in [-0.25, -0.2) is 4.98 Å². The number of carbonyl (C=O) groups excluding carboxylic acids is 1. The molecule has 0 saturated carbocycles. The maximum Gasteiger partial charge on any atom is 0.250 e. The number of aromatic nitrogens is 2. The number of imidazole rings is 1. The lowest BCUT2D eigenvalue weighted by atomic mass is 10.1. The summed E-state index contributed by atoms with van der Waals surface area (Å²) >= 11 is 0. The SMILES string of the molecule is CCOCC1CCn2cncc2CN1C(=O)C1=CCCC1. The molecule has 0 radical (unpaired) electrons. The van der Waals surface area contributed by atoms with Crippen LogP contribution in [0.25, 0.3) is 0 Å². The standard InChI is InChI=1S/C16H23N3O2/c1-2-21-11-14-7-8-18-12-17-9-15(18)10-19(14)16(20)13-5-3-4-6-13/h5,9,12,14H,2-4,6-8,10-11H2,1H3. The van der Waals surface area contributed by atoms with E-state index in [9.17, 15) is 4.79 Å².